The molecule has 0 spiro atoms. The molecule has 0 N–H and O–H groups in total. The van der Waals surface area contributed by atoms with E-state index in [0.717, 1.165) is 27.6 Å². The topological polar surface area (TPSA) is 18.1 Å². The monoisotopic (exact) mass is 583 g/mol. The molecule has 212 valence electrons. The highest BCUT2D eigenvalue weighted by Gasteiger charge is 2.22. The molecule has 1 aliphatic carbocycles. The van der Waals surface area contributed by atoms with Crippen LogP contribution < -0.4 is 0 Å². The number of hydrogen-bond acceptors (Lipinski definition) is 1. The Morgan fingerprint density at radius 2 is 1.02 bits per heavy atom. The number of hydrogen-bond donors (Lipinski definition) is 0. The maximum Gasteiger partial charge on any atom is 0.136 e. The Morgan fingerprint density at radius 1 is 0.370 bits per heavy atom. The summed E-state index contributed by atoms with van der Waals surface area (Å²) >= 11 is 0. The van der Waals surface area contributed by atoms with Gasteiger partial charge in [-0.2, -0.15) is 0 Å². The minimum absolute atomic E-state index is 0.925. The maximum absolute atomic E-state index is 6.26. The maximum atomic E-state index is 6.26. The van der Waals surface area contributed by atoms with E-state index in [0.29, 0.717) is 0 Å². The molecule has 11 rings (SSSR count). The van der Waals surface area contributed by atoms with Crippen molar-refractivity contribution in [2.24, 2.45) is 0 Å². The molecule has 1 aliphatic rings. The van der Waals surface area contributed by atoms with Gasteiger partial charge in [0.2, 0.25) is 0 Å². The molecule has 10 aromatic rings. The van der Waals surface area contributed by atoms with Crippen molar-refractivity contribution in [1.82, 2.24) is 4.57 Å². The summed E-state index contributed by atoms with van der Waals surface area (Å²) in [6.45, 7) is 0. The zero-order valence-electron chi connectivity index (χ0n) is 24.8. The lowest BCUT2D eigenvalue weighted by atomic mass is 9.94. The van der Waals surface area contributed by atoms with Gasteiger partial charge < -0.3 is 8.98 Å². The molecule has 8 aromatic carbocycles. The van der Waals surface area contributed by atoms with Crippen molar-refractivity contribution < 1.29 is 4.42 Å². The Kier molecular flexibility index (Phi) is 4.61. The molecule has 0 atom stereocenters. The first-order chi connectivity index (χ1) is 22.8. The average Bonchev–Trinajstić information content (AvgIpc) is 3.75. The fraction of sp³-hybridized carbons (Fsp3) is 0. The Hall–Kier alpha value is -6.12. The van der Waals surface area contributed by atoms with Crippen LogP contribution in [0.2, 0.25) is 0 Å². The molecule has 0 saturated heterocycles. The predicted molar refractivity (Wildman–Crippen MR) is 193 cm³/mol. The second kappa shape index (κ2) is 8.74. The van der Waals surface area contributed by atoms with E-state index < -0.39 is 0 Å². The average molecular weight is 584 g/mol. The van der Waals surface area contributed by atoms with Gasteiger partial charge in [-0.1, -0.05) is 103 Å². The summed E-state index contributed by atoms with van der Waals surface area (Å²) < 4.78 is 8.67. The summed E-state index contributed by atoms with van der Waals surface area (Å²) in [5.74, 6) is 0. The molecule has 2 aromatic heterocycles. The van der Waals surface area contributed by atoms with E-state index in [-0.39, 0.29) is 0 Å². The Bertz CT molecular complexity index is 2870. The minimum atomic E-state index is 0.925. The first-order valence-corrected chi connectivity index (χ1v) is 15.8. The van der Waals surface area contributed by atoms with E-state index in [1.54, 1.807) is 0 Å². The lowest BCUT2D eigenvalue weighted by molar-refractivity contribution is 0.669. The first kappa shape index (κ1) is 24.2. The van der Waals surface area contributed by atoms with E-state index in [9.17, 15) is 0 Å². The highest BCUT2D eigenvalue weighted by atomic mass is 16.3. The van der Waals surface area contributed by atoms with Crippen molar-refractivity contribution in [2.45, 2.75) is 0 Å². The minimum Gasteiger partial charge on any atom is -0.456 e. The molecule has 2 nitrogen and oxygen atoms in total. The number of nitrogens with zero attached hydrogens (tertiary/aromatic N) is 1. The largest absolute Gasteiger partial charge is 0.456 e. The van der Waals surface area contributed by atoms with Crippen LogP contribution in [0.1, 0.15) is 0 Å². The molecule has 0 aliphatic heterocycles. The van der Waals surface area contributed by atoms with E-state index in [1.165, 1.54) is 76.7 Å². The van der Waals surface area contributed by atoms with Gasteiger partial charge in [0.15, 0.2) is 0 Å². The molecule has 0 radical (unpaired) electrons. The van der Waals surface area contributed by atoms with E-state index in [1.807, 2.05) is 12.1 Å². The summed E-state index contributed by atoms with van der Waals surface area (Å²) in [5, 5.41) is 9.89. The molecule has 0 bridgehead atoms. The van der Waals surface area contributed by atoms with Crippen molar-refractivity contribution in [2.75, 3.05) is 0 Å². The molecule has 0 saturated carbocycles. The van der Waals surface area contributed by atoms with Crippen LogP contribution in [-0.2, 0) is 0 Å². The Morgan fingerprint density at radius 3 is 1.89 bits per heavy atom. The Balaban J connectivity index is 1.10. The molecular weight excluding hydrogens is 558 g/mol. The van der Waals surface area contributed by atoms with Crippen molar-refractivity contribution >= 4 is 65.3 Å². The number of benzene rings is 8. The zero-order chi connectivity index (χ0) is 29.9. The summed E-state index contributed by atoms with van der Waals surface area (Å²) in [5.41, 5.74) is 13.2. The molecule has 0 unspecified atom stereocenters. The Labute approximate surface area is 264 Å². The van der Waals surface area contributed by atoms with Crippen LogP contribution in [0.25, 0.3) is 104 Å². The first-order valence-electron chi connectivity index (χ1n) is 15.8. The number of rotatable bonds is 2. The SMILES string of the molecule is c1ccc2c(c1)-c1cccc3c(-c4ccc(-n5c6ccccc6c6cc7cc8c(cc7cc65)oc5ccccc58)cc4)ccc-2c13. The number of furan rings is 1. The molecule has 0 fully saturated rings. The standard InChI is InChI=1S/C44H25NO/c1-2-9-32-31(8-1)36-13-7-12-35-30(20-21-37(32)44(35)36)26-16-18-29(19-17-26)45-40-14-5-3-10-33(40)38-22-27-23-39-34-11-4-6-15-42(34)46-43(39)25-28(27)24-41(38)45/h1-25H. The van der Waals surface area contributed by atoms with Gasteiger partial charge in [-0.05, 0) is 103 Å². The van der Waals surface area contributed by atoms with Gasteiger partial charge in [0.1, 0.15) is 11.2 Å². The van der Waals surface area contributed by atoms with Crippen LogP contribution >= 0.6 is 0 Å². The summed E-state index contributed by atoms with van der Waals surface area (Å²) in [7, 11) is 0. The highest BCUT2D eigenvalue weighted by Crippen LogP contribution is 2.49. The lowest BCUT2D eigenvalue weighted by Crippen LogP contribution is -1.94. The van der Waals surface area contributed by atoms with Crippen LogP contribution in [0, 0.1) is 0 Å². The fourth-order valence-electron chi connectivity index (χ4n) is 8.06. The fourth-order valence-corrected chi connectivity index (χ4v) is 8.06. The third-order valence-corrected chi connectivity index (χ3v) is 10.1. The van der Waals surface area contributed by atoms with Crippen LogP contribution in [0.4, 0.5) is 0 Å². The molecule has 46 heavy (non-hydrogen) atoms. The molecule has 0 amide bonds. The summed E-state index contributed by atoms with van der Waals surface area (Å²) in [6, 6.07) is 55.4. The quantitative estimate of drug-likeness (QED) is 0.198. The van der Waals surface area contributed by atoms with Gasteiger partial charge >= 0.3 is 0 Å². The molecule has 2 heterocycles. The number of aromatic nitrogens is 1. The van der Waals surface area contributed by atoms with E-state index in [4.69, 9.17) is 4.42 Å². The van der Waals surface area contributed by atoms with Gasteiger partial charge in [-0.3, -0.25) is 0 Å². The van der Waals surface area contributed by atoms with Crippen molar-refractivity contribution in [3.8, 4) is 39.1 Å². The molecule has 2 heteroatoms. The van der Waals surface area contributed by atoms with Gasteiger partial charge in [0, 0.05) is 27.2 Å². The highest BCUT2D eigenvalue weighted by molar-refractivity contribution is 6.19. The van der Waals surface area contributed by atoms with E-state index >= 15 is 0 Å². The van der Waals surface area contributed by atoms with Gasteiger partial charge in [0.05, 0.1) is 11.0 Å². The van der Waals surface area contributed by atoms with Crippen LogP contribution in [-0.4, -0.2) is 4.57 Å². The van der Waals surface area contributed by atoms with Gasteiger partial charge in [-0.15, -0.1) is 0 Å². The predicted octanol–water partition coefficient (Wildman–Crippen LogP) is 12.3. The van der Waals surface area contributed by atoms with Crippen LogP contribution in [0.5, 0.6) is 0 Å². The number of fused-ring (bicyclic) bond motifs is 10. The van der Waals surface area contributed by atoms with Crippen LogP contribution in [0.3, 0.4) is 0 Å². The second-order valence-corrected chi connectivity index (χ2v) is 12.5. The van der Waals surface area contributed by atoms with Crippen molar-refractivity contribution in [1.29, 1.82) is 0 Å². The van der Waals surface area contributed by atoms with Gasteiger partial charge in [-0.25, -0.2) is 0 Å². The van der Waals surface area contributed by atoms with Crippen molar-refractivity contribution in [3.05, 3.63) is 152 Å². The normalized spacial score (nSPS) is 12.3. The third-order valence-electron chi connectivity index (χ3n) is 10.1. The second-order valence-electron chi connectivity index (χ2n) is 12.5. The summed E-state index contributed by atoms with van der Waals surface area (Å²) in [4.78, 5) is 0. The zero-order valence-corrected chi connectivity index (χ0v) is 24.8. The van der Waals surface area contributed by atoms with Crippen LogP contribution in [0.15, 0.2) is 156 Å². The van der Waals surface area contributed by atoms with Gasteiger partial charge in [0.25, 0.3) is 0 Å². The summed E-state index contributed by atoms with van der Waals surface area (Å²) in [6.07, 6.45) is 0. The van der Waals surface area contributed by atoms with Crippen molar-refractivity contribution in [3.63, 3.8) is 0 Å². The smallest absolute Gasteiger partial charge is 0.136 e. The number of para-hydroxylation sites is 2. The van der Waals surface area contributed by atoms with E-state index in [2.05, 4.69) is 144 Å². The lowest BCUT2D eigenvalue weighted by Gasteiger charge is -2.12. The molecular formula is C44H25NO. The third kappa shape index (κ3) is 3.15.